The van der Waals surface area contributed by atoms with Gasteiger partial charge in [0.1, 0.15) is 11.7 Å². The standard InChI is InChI=1S/C14H22ClN3O4/c1-14(2,3)22-13(21)17-7-6-10(19)11(20)9-5-4-8(16)12(15)18-9/h4-5,10-11,19-20H,6-7,16H2,1-3H3,(H,17,21). The molecule has 124 valence electrons. The maximum atomic E-state index is 11.4. The Kier molecular flexibility index (Phi) is 6.40. The van der Waals surface area contributed by atoms with Gasteiger partial charge in [-0.2, -0.15) is 0 Å². The maximum Gasteiger partial charge on any atom is 0.407 e. The summed E-state index contributed by atoms with van der Waals surface area (Å²) >= 11 is 5.77. The molecule has 2 atom stereocenters. The van der Waals surface area contributed by atoms with Crippen molar-refractivity contribution in [2.75, 3.05) is 12.3 Å². The number of nitrogen functional groups attached to an aromatic ring is 1. The molecule has 22 heavy (non-hydrogen) atoms. The minimum atomic E-state index is -1.22. The van der Waals surface area contributed by atoms with Gasteiger partial charge in [-0.1, -0.05) is 11.6 Å². The number of hydrogen-bond acceptors (Lipinski definition) is 6. The molecule has 1 heterocycles. The second-order valence-electron chi connectivity index (χ2n) is 5.85. The summed E-state index contributed by atoms with van der Waals surface area (Å²) in [6, 6.07) is 2.98. The molecule has 5 N–H and O–H groups in total. The average molecular weight is 332 g/mol. The molecule has 0 radical (unpaired) electrons. The van der Waals surface area contributed by atoms with Crippen molar-refractivity contribution < 1.29 is 19.7 Å². The Balaban J connectivity index is 2.46. The Labute approximate surface area is 134 Å². The predicted octanol–water partition coefficient (Wildman–Crippen LogP) is 1.63. The molecule has 0 saturated carbocycles. The summed E-state index contributed by atoms with van der Waals surface area (Å²) in [4.78, 5) is 15.3. The van der Waals surface area contributed by atoms with Crippen molar-refractivity contribution in [1.29, 1.82) is 0 Å². The molecule has 8 heteroatoms. The number of anilines is 1. The second kappa shape index (κ2) is 7.62. The lowest BCUT2D eigenvalue weighted by atomic mass is 10.1. The van der Waals surface area contributed by atoms with Crippen LogP contribution in [0.25, 0.3) is 0 Å². The van der Waals surface area contributed by atoms with Gasteiger partial charge in [0, 0.05) is 6.54 Å². The van der Waals surface area contributed by atoms with E-state index in [1.165, 1.54) is 12.1 Å². The molecule has 0 bridgehead atoms. The van der Waals surface area contributed by atoms with Gasteiger partial charge in [-0.15, -0.1) is 0 Å². The number of carbonyl (C=O) groups is 1. The van der Waals surface area contributed by atoms with Gasteiger partial charge in [0.05, 0.1) is 17.5 Å². The van der Waals surface area contributed by atoms with Crippen LogP contribution in [-0.2, 0) is 4.74 Å². The molecule has 0 aliphatic heterocycles. The smallest absolute Gasteiger partial charge is 0.407 e. The van der Waals surface area contributed by atoms with E-state index in [1.807, 2.05) is 0 Å². The fraction of sp³-hybridized carbons (Fsp3) is 0.571. The van der Waals surface area contributed by atoms with Crippen LogP contribution >= 0.6 is 11.6 Å². The number of aliphatic hydroxyl groups is 2. The third-order valence-corrected chi connectivity index (χ3v) is 2.98. The molecule has 1 aromatic rings. The van der Waals surface area contributed by atoms with Crippen LogP contribution in [-0.4, -0.2) is 39.5 Å². The first-order valence-corrected chi connectivity index (χ1v) is 7.23. The highest BCUT2D eigenvalue weighted by Crippen LogP contribution is 2.22. The lowest BCUT2D eigenvalue weighted by Gasteiger charge is -2.21. The zero-order valence-electron chi connectivity index (χ0n) is 12.8. The van der Waals surface area contributed by atoms with Gasteiger partial charge in [-0.3, -0.25) is 0 Å². The van der Waals surface area contributed by atoms with Crippen LogP contribution in [0.15, 0.2) is 12.1 Å². The van der Waals surface area contributed by atoms with Crippen molar-refractivity contribution in [2.45, 2.75) is 45.0 Å². The average Bonchev–Trinajstić information content (AvgIpc) is 2.38. The van der Waals surface area contributed by atoms with E-state index in [4.69, 9.17) is 22.1 Å². The van der Waals surface area contributed by atoms with Crippen LogP contribution in [0.5, 0.6) is 0 Å². The minimum absolute atomic E-state index is 0.0654. The Morgan fingerprint density at radius 3 is 2.64 bits per heavy atom. The van der Waals surface area contributed by atoms with E-state index >= 15 is 0 Å². The molecule has 1 rings (SSSR count). The number of amides is 1. The van der Waals surface area contributed by atoms with E-state index in [1.54, 1.807) is 20.8 Å². The zero-order chi connectivity index (χ0) is 16.9. The lowest BCUT2D eigenvalue weighted by molar-refractivity contribution is 0.00996. The fourth-order valence-electron chi connectivity index (χ4n) is 1.62. The summed E-state index contributed by atoms with van der Waals surface area (Å²) in [6.07, 6.45) is -2.78. The van der Waals surface area contributed by atoms with Gasteiger partial charge in [0.2, 0.25) is 0 Å². The first-order chi connectivity index (χ1) is 10.1. The topological polar surface area (TPSA) is 118 Å². The van der Waals surface area contributed by atoms with Crippen LogP contribution in [0.4, 0.5) is 10.5 Å². The molecule has 0 saturated heterocycles. The van der Waals surface area contributed by atoms with Crippen LogP contribution in [0.3, 0.4) is 0 Å². The van der Waals surface area contributed by atoms with Crippen molar-refractivity contribution in [3.8, 4) is 0 Å². The van der Waals surface area contributed by atoms with Gasteiger partial charge in [-0.25, -0.2) is 9.78 Å². The summed E-state index contributed by atoms with van der Waals surface area (Å²) < 4.78 is 5.06. The molecule has 0 aromatic carbocycles. The minimum Gasteiger partial charge on any atom is -0.444 e. The van der Waals surface area contributed by atoms with Crippen molar-refractivity contribution in [3.63, 3.8) is 0 Å². The number of nitrogens with one attached hydrogen (secondary N) is 1. The van der Waals surface area contributed by atoms with Gasteiger partial charge in [0.15, 0.2) is 5.15 Å². The molecular weight excluding hydrogens is 310 g/mol. The highest BCUT2D eigenvalue weighted by molar-refractivity contribution is 6.31. The number of nitrogens with zero attached hydrogens (tertiary/aromatic N) is 1. The van der Waals surface area contributed by atoms with Gasteiger partial charge < -0.3 is 26.0 Å². The third-order valence-electron chi connectivity index (χ3n) is 2.67. The van der Waals surface area contributed by atoms with Crippen LogP contribution < -0.4 is 11.1 Å². The number of aliphatic hydroxyl groups excluding tert-OH is 2. The Bertz CT molecular complexity index is 519. The molecule has 0 spiro atoms. The van der Waals surface area contributed by atoms with Crippen molar-refractivity contribution in [1.82, 2.24) is 10.3 Å². The van der Waals surface area contributed by atoms with E-state index in [0.717, 1.165) is 0 Å². The van der Waals surface area contributed by atoms with E-state index in [9.17, 15) is 15.0 Å². The number of halogens is 1. The highest BCUT2D eigenvalue weighted by atomic mass is 35.5. The fourth-order valence-corrected chi connectivity index (χ4v) is 1.78. The van der Waals surface area contributed by atoms with Gasteiger partial charge in [0.25, 0.3) is 0 Å². The Morgan fingerprint density at radius 2 is 2.09 bits per heavy atom. The van der Waals surface area contributed by atoms with Crippen LogP contribution in [0.1, 0.15) is 39.0 Å². The van der Waals surface area contributed by atoms with E-state index in [0.29, 0.717) is 5.69 Å². The van der Waals surface area contributed by atoms with E-state index in [2.05, 4.69) is 10.3 Å². The van der Waals surface area contributed by atoms with Gasteiger partial charge >= 0.3 is 6.09 Å². The Hall–Kier alpha value is -1.57. The predicted molar refractivity (Wildman–Crippen MR) is 83.5 cm³/mol. The van der Waals surface area contributed by atoms with Gasteiger partial charge in [-0.05, 0) is 39.3 Å². The number of alkyl carbamates (subject to hydrolysis) is 1. The second-order valence-corrected chi connectivity index (χ2v) is 6.20. The van der Waals surface area contributed by atoms with Crippen molar-refractivity contribution >= 4 is 23.4 Å². The third kappa shape index (κ3) is 6.05. The normalized spacial score (nSPS) is 14.3. The van der Waals surface area contributed by atoms with Crippen molar-refractivity contribution in [2.24, 2.45) is 0 Å². The number of ether oxygens (including phenoxy) is 1. The zero-order valence-corrected chi connectivity index (χ0v) is 13.6. The first-order valence-electron chi connectivity index (χ1n) is 6.85. The molecule has 2 unspecified atom stereocenters. The summed E-state index contributed by atoms with van der Waals surface area (Å²) in [5, 5.41) is 22.5. The molecule has 1 amide bonds. The number of carbonyl (C=O) groups excluding carboxylic acids is 1. The summed E-state index contributed by atoms with van der Waals surface area (Å²) in [7, 11) is 0. The molecular formula is C14H22ClN3O4. The van der Waals surface area contributed by atoms with E-state index < -0.39 is 23.9 Å². The maximum absolute atomic E-state index is 11.4. The summed E-state index contributed by atoms with van der Waals surface area (Å²) in [5.41, 5.74) is 5.44. The monoisotopic (exact) mass is 331 g/mol. The number of rotatable bonds is 5. The molecule has 0 aliphatic rings. The lowest BCUT2D eigenvalue weighted by Crippen LogP contribution is -2.34. The first kappa shape index (κ1) is 18.5. The SMILES string of the molecule is CC(C)(C)OC(=O)NCCC(O)C(O)c1ccc(N)c(Cl)n1. The van der Waals surface area contributed by atoms with Crippen LogP contribution in [0.2, 0.25) is 5.15 Å². The highest BCUT2D eigenvalue weighted by Gasteiger charge is 2.21. The number of pyridine rings is 1. The van der Waals surface area contributed by atoms with Crippen LogP contribution in [0, 0.1) is 0 Å². The summed E-state index contributed by atoms with van der Waals surface area (Å²) in [5.74, 6) is 0. The van der Waals surface area contributed by atoms with Crippen molar-refractivity contribution in [3.05, 3.63) is 23.0 Å². The number of hydrogen-bond donors (Lipinski definition) is 4. The quantitative estimate of drug-likeness (QED) is 0.609. The summed E-state index contributed by atoms with van der Waals surface area (Å²) in [6.45, 7) is 5.40. The molecule has 1 aromatic heterocycles. The Morgan fingerprint density at radius 1 is 1.45 bits per heavy atom. The molecule has 7 nitrogen and oxygen atoms in total. The number of nitrogens with two attached hydrogens (primary N) is 1. The molecule has 0 fully saturated rings. The number of aromatic nitrogens is 1. The largest absolute Gasteiger partial charge is 0.444 e. The molecule has 0 aliphatic carbocycles. The van der Waals surface area contributed by atoms with E-state index in [-0.39, 0.29) is 23.8 Å².